The Morgan fingerprint density at radius 2 is 2.06 bits per heavy atom. The minimum absolute atomic E-state index is 0.131. The summed E-state index contributed by atoms with van der Waals surface area (Å²) >= 11 is 0. The molecular weight excluding hydrogens is 204 g/mol. The predicted octanol–water partition coefficient (Wildman–Crippen LogP) is 0.970. The predicted molar refractivity (Wildman–Crippen MR) is 62.5 cm³/mol. The average molecular weight is 224 g/mol. The lowest BCUT2D eigenvalue weighted by molar-refractivity contribution is -0.144. The van der Waals surface area contributed by atoms with E-state index in [0.717, 1.165) is 6.42 Å². The third-order valence-electron chi connectivity index (χ3n) is 3.40. The van der Waals surface area contributed by atoms with Gasteiger partial charge in [-0.25, -0.2) is 0 Å². The molecule has 0 saturated heterocycles. The second kappa shape index (κ2) is 4.68. The maximum atomic E-state index is 11.9. The summed E-state index contributed by atoms with van der Waals surface area (Å²) in [4.78, 5) is 23.5. The zero-order valence-corrected chi connectivity index (χ0v) is 10.0. The van der Waals surface area contributed by atoms with Crippen LogP contribution in [-0.4, -0.2) is 18.4 Å². The highest BCUT2D eigenvalue weighted by Crippen LogP contribution is 2.49. The van der Waals surface area contributed by atoms with Crippen LogP contribution in [0.2, 0.25) is 0 Å². The molecule has 4 heteroatoms. The van der Waals surface area contributed by atoms with E-state index in [2.05, 4.69) is 11.9 Å². The zero-order valence-electron chi connectivity index (χ0n) is 10.0. The van der Waals surface area contributed by atoms with Crippen molar-refractivity contribution in [1.29, 1.82) is 0 Å². The molecule has 1 aliphatic rings. The third kappa shape index (κ3) is 1.96. The molecule has 0 radical (unpaired) electrons. The van der Waals surface area contributed by atoms with Crippen molar-refractivity contribution in [1.82, 2.24) is 5.32 Å². The lowest BCUT2D eigenvalue weighted by Gasteiger charge is -2.44. The molecular formula is C12H20N2O2. The molecule has 4 nitrogen and oxygen atoms in total. The summed E-state index contributed by atoms with van der Waals surface area (Å²) in [6.07, 6.45) is 2.33. The fourth-order valence-electron chi connectivity index (χ4n) is 2.46. The van der Waals surface area contributed by atoms with Gasteiger partial charge >= 0.3 is 0 Å². The molecule has 0 spiro atoms. The van der Waals surface area contributed by atoms with E-state index in [1.807, 2.05) is 6.92 Å². The number of hydrogen-bond acceptors (Lipinski definition) is 2. The van der Waals surface area contributed by atoms with Crippen LogP contribution in [0.4, 0.5) is 0 Å². The van der Waals surface area contributed by atoms with Gasteiger partial charge in [0.05, 0.1) is 11.3 Å². The molecule has 1 rings (SSSR count). The molecule has 0 aromatic carbocycles. The number of hydrogen-bond donors (Lipinski definition) is 2. The summed E-state index contributed by atoms with van der Waals surface area (Å²) in [6, 6.07) is 0. The molecule has 16 heavy (non-hydrogen) atoms. The van der Waals surface area contributed by atoms with Gasteiger partial charge in [0.25, 0.3) is 0 Å². The second-order valence-corrected chi connectivity index (χ2v) is 4.55. The minimum atomic E-state index is -0.689. The van der Waals surface area contributed by atoms with Crippen LogP contribution in [0.5, 0.6) is 0 Å². The van der Waals surface area contributed by atoms with Crippen molar-refractivity contribution in [3.63, 3.8) is 0 Å². The lowest BCUT2D eigenvalue weighted by Crippen LogP contribution is -2.53. The normalized spacial score (nSPS) is 19.4. The van der Waals surface area contributed by atoms with Gasteiger partial charge in [0.15, 0.2) is 0 Å². The Morgan fingerprint density at radius 3 is 2.31 bits per heavy atom. The van der Waals surface area contributed by atoms with Crippen molar-refractivity contribution in [2.45, 2.75) is 33.1 Å². The molecule has 3 N–H and O–H groups in total. The first kappa shape index (κ1) is 12.7. The van der Waals surface area contributed by atoms with Crippen LogP contribution in [-0.2, 0) is 9.59 Å². The first-order chi connectivity index (χ1) is 7.45. The Labute approximate surface area is 96.3 Å². The molecule has 1 unspecified atom stereocenters. The Kier molecular flexibility index (Phi) is 3.73. The van der Waals surface area contributed by atoms with Crippen LogP contribution in [0.25, 0.3) is 0 Å². The van der Waals surface area contributed by atoms with Crippen LogP contribution >= 0.6 is 0 Å². The van der Waals surface area contributed by atoms with Crippen LogP contribution in [0.1, 0.15) is 33.1 Å². The van der Waals surface area contributed by atoms with Gasteiger partial charge in [0.2, 0.25) is 11.8 Å². The highest BCUT2D eigenvalue weighted by Gasteiger charge is 2.52. The first-order valence-corrected chi connectivity index (χ1v) is 5.68. The maximum Gasteiger partial charge on any atom is 0.228 e. The summed E-state index contributed by atoms with van der Waals surface area (Å²) in [5.74, 6) is -0.981. The van der Waals surface area contributed by atoms with Crippen molar-refractivity contribution in [3.8, 4) is 0 Å². The number of carbonyl (C=O) groups is 2. The highest BCUT2D eigenvalue weighted by atomic mass is 16.2. The molecule has 1 fully saturated rings. The van der Waals surface area contributed by atoms with E-state index >= 15 is 0 Å². The second-order valence-electron chi connectivity index (χ2n) is 4.55. The lowest BCUT2D eigenvalue weighted by atomic mass is 9.58. The van der Waals surface area contributed by atoms with Crippen molar-refractivity contribution < 1.29 is 9.59 Å². The Hall–Kier alpha value is -1.32. The van der Waals surface area contributed by atoms with Gasteiger partial charge in [0.1, 0.15) is 0 Å². The van der Waals surface area contributed by atoms with Crippen molar-refractivity contribution in [2.75, 3.05) is 6.54 Å². The largest absolute Gasteiger partial charge is 0.369 e. The van der Waals surface area contributed by atoms with E-state index in [1.165, 1.54) is 0 Å². The number of rotatable bonds is 5. The number of primary amides is 1. The van der Waals surface area contributed by atoms with E-state index in [0.29, 0.717) is 25.0 Å². The maximum absolute atomic E-state index is 11.9. The van der Waals surface area contributed by atoms with Crippen molar-refractivity contribution in [3.05, 3.63) is 12.2 Å². The summed E-state index contributed by atoms with van der Waals surface area (Å²) in [7, 11) is 0. The van der Waals surface area contributed by atoms with Crippen LogP contribution in [0.15, 0.2) is 12.2 Å². The first-order valence-electron chi connectivity index (χ1n) is 5.68. The summed E-state index contributed by atoms with van der Waals surface area (Å²) in [5, 5.41) is 2.75. The van der Waals surface area contributed by atoms with Gasteiger partial charge in [-0.2, -0.15) is 0 Å². The van der Waals surface area contributed by atoms with Gasteiger partial charge in [-0.15, -0.1) is 0 Å². The molecule has 0 heterocycles. The summed E-state index contributed by atoms with van der Waals surface area (Å²) < 4.78 is 0. The minimum Gasteiger partial charge on any atom is -0.369 e. The quantitative estimate of drug-likeness (QED) is 0.683. The molecule has 1 aliphatic carbocycles. The van der Waals surface area contributed by atoms with E-state index in [-0.39, 0.29) is 11.8 Å². The Bertz CT molecular complexity index is 319. The van der Waals surface area contributed by atoms with E-state index < -0.39 is 11.3 Å². The van der Waals surface area contributed by atoms with E-state index in [1.54, 1.807) is 6.92 Å². The van der Waals surface area contributed by atoms with Crippen LogP contribution < -0.4 is 11.1 Å². The molecule has 1 atom stereocenters. The number of carbonyl (C=O) groups excluding carboxylic acids is 2. The smallest absolute Gasteiger partial charge is 0.228 e. The van der Waals surface area contributed by atoms with Crippen LogP contribution in [0, 0.1) is 11.3 Å². The molecule has 90 valence electrons. The zero-order chi connectivity index (χ0) is 12.3. The van der Waals surface area contributed by atoms with Crippen molar-refractivity contribution >= 4 is 11.8 Å². The highest BCUT2D eigenvalue weighted by molar-refractivity contribution is 5.92. The van der Waals surface area contributed by atoms with Gasteiger partial charge in [-0.05, 0) is 26.7 Å². The van der Waals surface area contributed by atoms with E-state index in [4.69, 9.17) is 5.73 Å². The average Bonchev–Trinajstić information content (AvgIpc) is 2.09. The Morgan fingerprint density at radius 1 is 1.50 bits per heavy atom. The molecule has 1 saturated carbocycles. The molecule has 0 aromatic rings. The molecule has 2 amide bonds. The molecule has 0 bridgehead atoms. The summed E-state index contributed by atoms with van der Waals surface area (Å²) in [5.41, 5.74) is 5.47. The van der Waals surface area contributed by atoms with Crippen LogP contribution in [0.3, 0.4) is 0 Å². The van der Waals surface area contributed by atoms with Gasteiger partial charge in [0, 0.05) is 6.54 Å². The summed E-state index contributed by atoms with van der Waals surface area (Å²) in [6.45, 7) is 8.01. The van der Waals surface area contributed by atoms with Crippen molar-refractivity contribution in [2.24, 2.45) is 17.1 Å². The fraction of sp³-hybridized carbons (Fsp3) is 0.667. The molecule has 0 aliphatic heterocycles. The SMILES string of the molecule is C=C(C)C(C(=O)NCC)C1(C(N)=O)CCC1. The standard InChI is InChI=1S/C12H20N2O2/c1-4-14-10(15)9(8(2)3)12(11(13)16)6-5-7-12/h9H,2,4-7H2,1,3H3,(H2,13,16)(H,14,15). The van der Waals surface area contributed by atoms with Gasteiger partial charge in [-0.1, -0.05) is 18.6 Å². The third-order valence-corrected chi connectivity index (χ3v) is 3.40. The Balaban J connectivity index is 2.96. The number of amides is 2. The number of nitrogens with one attached hydrogen (secondary N) is 1. The van der Waals surface area contributed by atoms with Gasteiger partial charge in [-0.3, -0.25) is 9.59 Å². The van der Waals surface area contributed by atoms with E-state index in [9.17, 15) is 9.59 Å². The fourth-order valence-corrected chi connectivity index (χ4v) is 2.46. The number of nitrogens with two attached hydrogens (primary N) is 1. The monoisotopic (exact) mass is 224 g/mol. The van der Waals surface area contributed by atoms with Gasteiger partial charge < -0.3 is 11.1 Å². The molecule has 0 aromatic heterocycles. The topological polar surface area (TPSA) is 72.2 Å².